The van der Waals surface area contributed by atoms with Crippen molar-refractivity contribution < 1.29 is 4.79 Å². The monoisotopic (exact) mass is 293 g/mol. The van der Waals surface area contributed by atoms with E-state index in [9.17, 15) is 4.79 Å². The number of carbonyl (C=O) groups excluding carboxylic acids is 1. The highest BCUT2D eigenvalue weighted by molar-refractivity contribution is 5.77. The quantitative estimate of drug-likeness (QED) is 0.792. The predicted octanol–water partition coefficient (Wildman–Crippen LogP) is 1.95. The third-order valence-corrected chi connectivity index (χ3v) is 5.73. The number of carbonyl (C=O) groups is 1. The van der Waals surface area contributed by atoms with Crippen LogP contribution in [-0.2, 0) is 4.79 Å². The molecule has 3 aliphatic rings. The molecule has 0 aliphatic carbocycles. The summed E-state index contributed by atoms with van der Waals surface area (Å²) in [4.78, 5) is 19.8. The smallest absolute Gasteiger partial charge is 0.224 e. The molecular weight excluding hydrogens is 262 g/mol. The molecule has 1 amide bonds. The van der Waals surface area contributed by atoms with Crippen LogP contribution in [0.1, 0.15) is 51.4 Å². The second-order valence-electron chi connectivity index (χ2n) is 7.14. The largest absolute Gasteiger partial charge is 0.338 e. The molecule has 0 aromatic rings. The summed E-state index contributed by atoms with van der Waals surface area (Å²) in [6, 6.07) is 1.11. The van der Waals surface area contributed by atoms with Crippen LogP contribution in [0.2, 0.25) is 0 Å². The SMILES string of the molecule is CN1CCCC1C1CCCN1C(=O)CCN1CCCCC1. The highest BCUT2D eigenvalue weighted by atomic mass is 16.2. The number of hydrogen-bond acceptors (Lipinski definition) is 3. The zero-order valence-electron chi connectivity index (χ0n) is 13.6. The van der Waals surface area contributed by atoms with E-state index in [4.69, 9.17) is 0 Å². The third-order valence-electron chi connectivity index (χ3n) is 5.73. The third kappa shape index (κ3) is 3.59. The first-order valence-corrected chi connectivity index (χ1v) is 8.98. The van der Waals surface area contributed by atoms with Gasteiger partial charge in [-0.2, -0.15) is 0 Å². The Labute approximate surface area is 129 Å². The molecule has 4 nitrogen and oxygen atoms in total. The van der Waals surface area contributed by atoms with E-state index in [2.05, 4.69) is 21.7 Å². The molecule has 0 N–H and O–H groups in total. The molecule has 0 aromatic carbocycles. The Morgan fingerprint density at radius 3 is 2.33 bits per heavy atom. The molecule has 3 saturated heterocycles. The average molecular weight is 293 g/mol. The van der Waals surface area contributed by atoms with Crippen molar-refractivity contribution in [1.29, 1.82) is 0 Å². The van der Waals surface area contributed by atoms with E-state index in [1.54, 1.807) is 0 Å². The maximum atomic E-state index is 12.6. The fourth-order valence-electron chi connectivity index (χ4n) is 4.50. The summed E-state index contributed by atoms with van der Waals surface area (Å²) in [5, 5.41) is 0. The van der Waals surface area contributed by atoms with Gasteiger partial charge in [0.2, 0.25) is 5.91 Å². The second kappa shape index (κ2) is 7.10. The van der Waals surface area contributed by atoms with Crippen molar-refractivity contribution in [3.05, 3.63) is 0 Å². The lowest BCUT2D eigenvalue weighted by molar-refractivity contribution is -0.133. The molecule has 3 rings (SSSR count). The van der Waals surface area contributed by atoms with Gasteiger partial charge in [0.15, 0.2) is 0 Å². The van der Waals surface area contributed by atoms with Crippen molar-refractivity contribution in [2.45, 2.75) is 63.5 Å². The number of nitrogens with zero attached hydrogens (tertiary/aromatic N) is 3. The van der Waals surface area contributed by atoms with Crippen LogP contribution < -0.4 is 0 Å². The number of likely N-dealkylation sites (tertiary alicyclic amines) is 3. The molecule has 0 aromatic heterocycles. The molecule has 0 spiro atoms. The van der Waals surface area contributed by atoms with E-state index in [1.165, 1.54) is 64.6 Å². The van der Waals surface area contributed by atoms with Crippen molar-refractivity contribution in [1.82, 2.24) is 14.7 Å². The first kappa shape index (κ1) is 15.3. The van der Waals surface area contributed by atoms with Crippen LogP contribution in [0.3, 0.4) is 0 Å². The van der Waals surface area contributed by atoms with E-state index in [-0.39, 0.29) is 0 Å². The molecule has 120 valence electrons. The maximum absolute atomic E-state index is 12.6. The molecule has 0 bridgehead atoms. The highest BCUT2D eigenvalue weighted by Gasteiger charge is 2.38. The van der Waals surface area contributed by atoms with Gasteiger partial charge in [0.1, 0.15) is 0 Å². The van der Waals surface area contributed by atoms with Crippen molar-refractivity contribution in [2.75, 3.05) is 39.8 Å². The van der Waals surface area contributed by atoms with E-state index >= 15 is 0 Å². The summed E-state index contributed by atoms with van der Waals surface area (Å²) in [5.41, 5.74) is 0. The minimum absolute atomic E-state index is 0.406. The molecule has 2 atom stereocenters. The lowest BCUT2D eigenvalue weighted by Crippen LogP contribution is -2.47. The van der Waals surface area contributed by atoms with Crippen LogP contribution in [0.15, 0.2) is 0 Å². The second-order valence-corrected chi connectivity index (χ2v) is 7.14. The molecule has 21 heavy (non-hydrogen) atoms. The number of likely N-dealkylation sites (N-methyl/N-ethyl adjacent to an activating group) is 1. The molecule has 3 fully saturated rings. The van der Waals surface area contributed by atoms with Crippen LogP contribution >= 0.6 is 0 Å². The summed E-state index contributed by atoms with van der Waals surface area (Å²) >= 11 is 0. The first-order chi connectivity index (χ1) is 10.3. The van der Waals surface area contributed by atoms with Gasteiger partial charge in [0.05, 0.1) is 0 Å². The maximum Gasteiger partial charge on any atom is 0.224 e. The van der Waals surface area contributed by atoms with E-state index in [0.29, 0.717) is 18.0 Å². The van der Waals surface area contributed by atoms with Crippen LogP contribution in [0.5, 0.6) is 0 Å². The summed E-state index contributed by atoms with van der Waals surface area (Å²) in [6.07, 6.45) is 9.71. The van der Waals surface area contributed by atoms with Gasteiger partial charge in [0, 0.05) is 31.6 Å². The van der Waals surface area contributed by atoms with Gasteiger partial charge in [-0.1, -0.05) is 6.42 Å². The molecule has 3 aliphatic heterocycles. The van der Waals surface area contributed by atoms with Crippen molar-refractivity contribution in [3.63, 3.8) is 0 Å². The standard InChI is InChI=1S/C17H31N3O/c1-18-10-5-7-15(18)16-8-6-13-20(16)17(21)9-14-19-11-3-2-4-12-19/h15-16H,2-14H2,1H3. The van der Waals surface area contributed by atoms with Gasteiger partial charge in [-0.05, 0) is 65.2 Å². The lowest BCUT2D eigenvalue weighted by Gasteiger charge is -2.34. The van der Waals surface area contributed by atoms with E-state index in [1.807, 2.05) is 0 Å². The van der Waals surface area contributed by atoms with Crippen molar-refractivity contribution in [3.8, 4) is 0 Å². The average Bonchev–Trinajstić information content (AvgIpc) is 3.14. The Balaban J connectivity index is 1.50. The van der Waals surface area contributed by atoms with Gasteiger partial charge in [-0.25, -0.2) is 0 Å². The molecule has 3 heterocycles. The number of piperidine rings is 1. The Morgan fingerprint density at radius 1 is 0.905 bits per heavy atom. The summed E-state index contributed by atoms with van der Waals surface area (Å²) in [6.45, 7) is 5.57. The number of hydrogen-bond donors (Lipinski definition) is 0. The number of amides is 1. The van der Waals surface area contributed by atoms with Crippen LogP contribution in [-0.4, -0.2) is 72.5 Å². The van der Waals surface area contributed by atoms with Crippen LogP contribution in [0, 0.1) is 0 Å². The highest BCUT2D eigenvalue weighted by Crippen LogP contribution is 2.29. The first-order valence-electron chi connectivity index (χ1n) is 8.98. The van der Waals surface area contributed by atoms with E-state index in [0.717, 1.165) is 19.5 Å². The molecule has 0 radical (unpaired) electrons. The molecule has 0 saturated carbocycles. The minimum Gasteiger partial charge on any atom is -0.338 e. The topological polar surface area (TPSA) is 26.8 Å². The Morgan fingerprint density at radius 2 is 1.62 bits per heavy atom. The molecular formula is C17H31N3O. The zero-order chi connectivity index (χ0) is 14.7. The predicted molar refractivity (Wildman–Crippen MR) is 85.3 cm³/mol. The minimum atomic E-state index is 0.406. The molecule has 2 unspecified atom stereocenters. The van der Waals surface area contributed by atoms with E-state index < -0.39 is 0 Å². The summed E-state index contributed by atoms with van der Waals surface area (Å²) in [5.74, 6) is 0.406. The Bertz CT molecular complexity index is 354. The zero-order valence-corrected chi connectivity index (χ0v) is 13.6. The van der Waals surface area contributed by atoms with Crippen molar-refractivity contribution >= 4 is 5.91 Å². The Hall–Kier alpha value is -0.610. The fraction of sp³-hybridized carbons (Fsp3) is 0.941. The normalized spacial score (nSPS) is 32.0. The van der Waals surface area contributed by atoms with Gasteiger partial charge < -0.3 is 14.7 Å². The molecule has 4 heteroatoms. The van der Waals surface area contributed by atoms with Gasteiger partial charge in [0.25, 0.3) is 0 Å². The van der Waals surface area contributed by atoms with Crippen molar-refractivity contribution in [2.24, 2.45) is 0 Å². The van der Waals surface area contributed by atoms with Gasteiger partial charge in [-0.15, -0.1) is 0 Å². The van der Waals surface area contributed by atoms with Crippen LogP contribution in [0.4, 0.5) is 0 Å². The Kier molecular flexibility index (Phi) is 5.17. The summed E-state index contributed by atoms with van der Waals surface area (Å²) < 4.78 is 0. The fourth-order valence-corrected chi connectivity index (χ4v) is 4.50. The summed E-state index contributed by atoms with van der Waals surface area (Å²) in [7, 11) is 2.23. The van der Waals surface area contributed by atoms with Gasteiger partial charge in [-0.3, -0.25) is 4.79 Å². The number of rotatable bonds is 4. The van der Waals surface area contributed by atoms with Gasteiger partial charge >= 0.3 is 0 Å². The lowest BCUT2D eigenvalue weighted by atomic mass is 10.0. The van der Waals surface area contributed by atoms with Crippen LogP contribution in [0.25, 0.3) is 0 Å².